The Morgan fingerprint density at radius 2 is 1.89 bits per heavy atom. The second-order valence-corrected chi connectivity index (χ2v) is 6.37. The number of anilines is 1. The zero-order valence-corrected chi connectivity index (χ0v) is 15.7. The summed E-state index contributed by atoms with van der Waals surface area (Å²) in [6.07, 6.45) is 0.930. The van der Waals surface area contributed by atoms with Crippen molar-refractivity contribution in [1.29, 1.82) is 0 Å². The first-order valence-electron chi connectivity index (χ1n) is 7.71. The van der Waals surface area contributed by atoms with E-state index in [1.165, 1.54) is 37.3 Å². The lowest BCUT2D eigenvalue weighted by atomic mass is 10.2. The van der Waals surface area contributed by atoms with E-state index in [0.29, 0.717) is 5.69 Å². The second-order valence-electron chi connectivity index (χ2n) is 5.56. The summed E-state index contributed by atoms with van der Waals surface area (Å²) in [4.78, 5) is 36.3. The number of aromatic nitrogens is 3. The average molecular weight is 423 g/mol. The maximum atomic E-state index is 11.9. The molecule has 0 radical (unpaired) electrons. The SMILES string of the molecule is CC(=O)Nc1ccc(O)c(Oc2c(Cl)cc(-n3ncc(=O)[nH]c3=O)cc2Cl)c1. The highest BCUT2D eigenvalue weighted by Crippen LogP contribution is 2.41. The Kier molecular flexibility index (Phi) is 5.39. The maximum absolute atomic E-state index is 11.9. The van der Waals surface area contributed by atoms with Crippen LogP contribution in [-0.2, 0) is 4.79 Å². The molecule has 0 saturated carbocycles. The van der Waals surface area contributed by atoms with E-state index in [-0.39, 0.29) is 38.9 Å². The van der Waals surface area contributed by atoms with Crippen molar-refractivity contribution in [2.45, 2.75) is 6.92 Å². The molecule has 0 saturated heterocycles. The van der Waals surface area contributed by atoms with E-state index in [2.05, 4.69) is 15.4 Å². The summed E-state index contributed by atoms with van der Waals surface area (Å²) in [5, 5.41) is 16.3. The molecular weight excluding hydrogens is 411 g/mol. The highest BCUT2D eigenvalue weighted by Gasteiger charge is 2.15. The van der Waals surface area contributed by atoms with E-state index >= 15 is 0 Å². The summed E-state index contributed by atoms with van der Waals surface area (Å²) in [5.41, 5.74) is -0.824. The van der Waals surface area contributed by atoms with Gasteiger partial charge >= 0.3 is 5.69 Å². The van der Waals surface area contributed by atoms with E-state index in [0.717, 1.165) is 10.9 Å². The van der Waals surface area contributed by atoms with Crippen LogP contribution in [0.15, 0.2) is 46.1 Å². The third-order valence-electron chi connectivity index (χ3n) is 3.43. The number of phenolic OH excluding ortho intramolecular Hbond substituents is 1. The molecule has 2 aromatic carbocycles. The van der Waals surface area contributed by atoms with E-state index in [1.54, 1.807) is 0 Å². The summed E-state index contributed by atoms with van der Waals surface area (Å²) in [6.45, 7) is 1.34. The molecule has 9 nitrogen and oxygen atoms in total. The number of hydrogen-bond donors (Lipinski definition) is 3. The Bertz CT molecular complexity index is 1170. The van der Waals surface area contributed by atoms with Crippen molar-refractivity contribution in [1.82, 2.24) is 14.8 Å². The van der Waals surface area contributed by atoms with Crippen molar-refractivity contribution in [3.8, 4) is 22.9 Å². The van der Waals surface area contributed by atoms with Crippen LogP contribution in [0.2, 0.25) is 10.0 Å². The van der Waals surface area contributed by atoms with Gasteiger partial charge in [0.15, 0.2) is 17.2 Å². The predicted octanol–water partition coefficient (Wildman–Crippen LogP) is 2.68. The van der Waals surface area contributed by atoms with Crippen LogP contribution in [-0.4, -0.2) is 25.8 Å². The predicted molar refractivity (Wildman–Crippen MR) is 103 cm³/mol. The lowest BCUT2D eigenvalue weighted by Gasteiger charge is -2.14. The van der Waals surface area contributed by atoms with Gasteiger partial charge in [-0.2, -0.15) is 9.78 Å². The topological polar surface area (TPSA) is 126 Å². The zero-order valence-electron chi connectivity index (χ0n) is 14.2. The molecule has 11 heteroatoms. The quantitative estimate of drug-likeness (QED) is 0.554. The second kappa shape index (κ2) is 7.75. The zero-order chi connectivity index (χ0) is 20.4. The molecule has 3 aromatic rings. The van der Waals surface area contributed by atoms with Gasteiger partial charge in [0.05, 0.1) is 15.7 Å². The molecule has 0 aliphatic carbocycles. The van der Waals surface area contributed by atoms with Gasteiger partial charge in [-0.1, -0.05) is 23.2 Å². The van der Waals surface area contributed by atoms with Gasteiger partial charge in [0, 0.05) is 18.7 Å². The third kappa shape index (κ3) is 4.16. The molecule has 3 rings (SSSR count). The summed E-state index contributed by atoms with van der Waals surface area (Å²) >= 11 is 12.4. The summed E-state index contributed by atoms with van der Waals surface area (Å²) in [6, 6.07) is 6.92. The number of halogens is 2. The first-order chi connectivity index (χ1) is 13.2. The van der Waals surface area contributed by atoms with Crippen molar-refractivity contribution in [2.24, 2.45) is 0 Å². The molecular formula is C17H12Cl2N4O5. The van der Waals surface area contributed by atoms with E-state index in [1.807, 2.05) is 0 Å². The minimum absolute atomic E-state index is 0.00198. The number of carbonyl (C=O) groups is 1. The van der Waals surface area contributed by atoms with E-state index < -0.39 is 11.2 Å². The number of amides is 1. The fraction of sp³-hybridized carbons (Fsp3) is 0.0588. The smallest absolute Gasteiger partial charge is 0.349 e. The Hall–Kier alpha value is -3.30. The molecule has 28 heavy (non-hydrogen) atoms. The number of carbonyl (C=O) groups excluding carboxylic acids is 1. The number of nitrogens with zero attached hydrogens (tertiary/aromatic N) is 2. The maximum Gasteiger partial charge on any atom is 0.349 e. The number of aromatic amines is 1. The van der Waals surface area contributed by atoms with Gasteiger partial charge in [0.25, 0.3) is 5.56 Å². The molecule has 0 spiro atoms. The Morgan fingerprint density at radius 3 is 2.50 bits per heavy atom. The monoisotopic (exact) mass is 422 g/mol. The first kappa shape index (κ1) is 19.5. The van der Waals surface area contributed by atoms with Gasteiger partial charge in [-0.25, -0.2) is 4.79 Å². The number of H-pyrrole nitrogens is 1. The molecule has 1 heterocycles. The number of phenols is 1. The fourth-order valence-corrected chi connectivity index (χ4v) is 2.84. The fourth-order valence-electron chi connectivity index (χ4n) is 2.29. The summed E-state index contributed by atoms with van der Waals surface area (Å²) < 4.78 is 6.50. The van der Waals surface area contributed by atoms with Crippen molar-refractivity contribution in [3.63, 3.8) is 0 Å². The van der Waals surface area contributed by atoms with Gasteiger partial charge in [-0.3, -0.25) is 14.6 Å². The Labute approximate surface area is 167 Å². The van der Waals surface area contributed by atoms with Crippen LogP contribution >= 0.6 is 23.2 Å². The molecule has 0 aliphatic heterocycles. The molecule has 0 aliphatic rings. The van der Waals surface area contributed by atoms with Gasteiger partial charge < -0.3 is 15.2 Å². The summed E-state index contributed by atoms with van der Waals surface area (Å²) in [5.74, 6) is -0.485. The lowest BCUT2D eigenvalue weighted by Crippen LogP contribution is -2.30. The van der Waals surface area contributed by atoms with Gasteiger partial charge in [-0.15, -0.1) is 0 Å². The van der Waals surface area contributed by atoms with Gasteiger partial charge in [0.2, 0.25) is 5.91 Å². The number of benzene rings is 2. The number of aromatic hydroxyl groups is 1. The standard InChI is InChI=1S/C17H12Cl2N4O5/c1-8(24)21-9-2-3-13(25)14(4-9)28-16-11(18)5-10(6-12(16)19)23-17(27)22-15(26)7-20-23/h2-7,25H,1H3,(H,21,24)(H,22,26,27). The summed E-state index contributed by atoms with van der Waals surface area (Å²) in [7, 11) is 0. The van der Waals surface area contributed by atoms with Crippen LogP contribution in [0.25, 0.3) is 5.69 Å². The normalized spacial score (nSPS) is 10.5. The number of hydrogen-bond acceptors (Lipinski definition) is 6. The van der Waals surface area contributed by atoms with Crippen molar-refractivity contribution < 1.29 is 14.6 Å². The molecule has 3 N–H and O–H groups in total. The molecule has 144 valence electrons. The van der Waals surface area contributed by atoms with E-state index in [9.17, 15) is 19.5 Å². The Balaban J connectivity index is 1.99. The van der Waals surface area contributed by atoms with E-state index in [4.69, 9.17) is 27.9 Å². The first-order valence-corrected chi connectivity index (χ1v) is 8.46. The molecule has 0 unspecified atom stereocenters. The highest BCUT2D eigenvalue weighted by atomic mass is 35.5. The van der Waals surface area contributed by atoms with Gasteiger partial charge in [-0.05, 0) is 24.3 Å². The minimum Gasteiger partial charge on any atom is -0.504 e. The molecule has 1 amide bonds. The average Bonchev–Trinajstić information content (AvgIpc) is 2.60. The lowest BCUT2D eigenvalue weighted by molar-refractivity contribution is -0.114. The van der Waals surface area contributed by atoms with Crippen LogP contribution in [0, 0.1) is 0 Å². The molecule has 0 fully saturated rings. The molecule has 0 bridgehead atoms. The van der Waals surface area contributed by atoms with Crippen LogP contribution in [0.1, 0.15) is 6.92 Å². The van der Waals surface area contributed by atoms with Gasteiger partial charge in [0.1, 0.15) is 6.20 Å². The number of nitrogens with one attached hydrogen (secondary N) is 2. The van der Waals surface area contributed by atoms with Crippen molar-refractivity contribution in [2.75, 3.05) is 5.32 Å². The molecule has 0 atom stereocenters. The molecule has 1 aromatic heterocycles. The minimum atomic E-state index is -0.769. The third-order valence-corrected chi connectivity index (χ3v) is 3.99. The largest absolute Gasteiger partial charge is 0.504 e. The van der Waals surface area contributed by atoms with Crippen molar-refractivity contribution in [3.05, 3.63) is 67.4 Å². The number of ether oxygens (including phenoxy) is 1. The van der Waals surface area contributed by atoms with Crippen LogP contribution in [0.5, 0.6) is 17.2 Å². The number of rotatable bonds is 4. The Morgan fingerprint density at radius 1 is 1.21 bits per heavy atom. The van der Waals surface area contributed by atoms with Crippen LogP contribution in [0.3, 0.4) is 0 Å². The highest BCUT2D eigenvalue weighted by molar-refractivity contribution is 6.37. The van der Waals surface area contributed by atoms with Crippen molar-refractivity contribution >= 4 is 34.8 Å². The van der Waals surface area contributed by atoms with Crippen LogP contribution < -0.4 is 21.3 Å². The van der Waals surface area contributed by atoms with Crippen LogP contribution in [0.4, 0.5) is 5.69 Å².